The summed E-state index contributed by atoms with van der Waals surface area (Å²) in [6, 6.07) is 0. The predicted octanol–water partition coefficient (Wildman–Crippen LogP) is 7.32. The van der Waals surface area contributed by atoms with Crippen molar-refractivity contribution in [3.05, 3.63) is 48.1 Å². The number of hydrogen-bond acceptors (Lipinski definition) is 14. The SMILES string of the molecule is CC(C)(C)c1cnc(CSc2cnc(NC(=O)C3CCNCC3)s2)o1.CC(C)(C)c1cnc(CSc2cnc(NC(=O)C3CCNCC3)s2)o1. The number of rotatable bonds is 10. The molecule has 0 aliphatic carbocycles. The van der Waals surface area contributed by atoms with E-state index >= 15 is 0 Å². The lowest BCUT2D eigenvalue weighted by atomic mass is 9.94. The van der Waals surface area contributed by atoms with E-state index in [1.165, 1.54) is 22.7 Å². The fraction of sp³-hybridized carbons (Fsp3) is 0.588. The summed E-state index contributed by atoms with van der Waals surface area (Å²) in [5.74, 6) is 4.84. The highest BCUT2D eigenvalue weighted by molar-refractivity contribution is 8.00. The maximum absolute atomic E-state index is 12.2. The summed E-state index contributed by atoms with van der Waals surface area (Å²) in [7, 11) is 0. The molecule has 16 heteroatoms. The molecule has 2 saturated heterocycles. The zero-order valence-corrected chi connectivity index (χ0v) is 32.9. The number of nitrogens with zero attached hydrogens (tertiary/aromatic N) is 4. The molecular weight excluding hydrogens is 713 g/mol. The number of nitrogens with one attached hydrogen (secondary N) is 4. The van der Waals surface area contributed by atoms with Crippen molar-refractivity contribution in [2.24, 2.45) is 11.8 Å². The number of oxazole rings is 2. The molecule has 2 aliphatic rings. The normalized spacial score (nSPS) is 16.1. The van der Waals surface area contributed by atoms with E-state index in [0.29, 0.717) is 33.6 Å². The van der Waals surface area contributed by atoms with Crippen LogP contribution in [0, 0.1) is 11.8 Å². The lowest BCUT2D eigenvalue weighted by Gasteiger charge is -2.20. The van der Waals surface area contributed by atoms with Gasteiger partial charge in [-0.2, -0.15) is 0 Å². The van der Waals surface area contributed by atoms with E-state index in [-0.39, 0.29) is 34.5 Å². The number of carbonyl (C=O) groups excluding carboxylic acids is 2. The van der Waals surface area contributed by atoms with Gasteiger partial charge in [-0.15, -0.1) is 23.5 Å². The van der Waals surface area contributed by atoms with Crippen LogP contribution >= 0.6 is 46.2 Å². The summed E-state index contributed by atoms with van der Waals surface area (Å²) in [6.07, 6.45) is 10.7. The molecule has 0 bridgehead atoms. The van der Waals surface area contributed by atoms with Gasteiger partial charge in [0.25, 0.3) is 0 Å². The van der Waals surface area contributed by atoms with Crippen LogP contribution in [-0.2, 0) is 31.9 Å². The number of thioether (sulfide) groups is 2. The Labute approximate surface area is 310 Å². The van der Waals surface area contributed by atoms with Gasteiger partial charge in [-0.25, -0.2) is 19.9 Å². The Morgan fingerprint density at radius 1 is 0.680 bits per heavy atom. The molecule has 272 valence electrons. The van der Waals surface area contributed by atoms with Gasteiger partial charge in [-0.05, 0) is 51.9 Å². The van der Waals surface area contributed by atoms with Gasteiger partial charge in [-0.3, -0.25) is 9.59 Å². The highest BCUT2D eigenvalue weighted by Crippen LogP contribution is 2.33. The first-order valence-electron chi connectivity index (χ1n) is 16.9. The fourth-order valence-corrected chi connectivity index (χ4v) is 8.52. The number of piperidine rings is 2. The van der Waals surface area contributed by atoms with E-state index in [2.05, 4.69) is 82.7 Å². The Bertz CT molecular complexity index is 1550. The second kappa shape index (κ2) is 17.6. The number of hydrogen-bond donors (Lipinski definition) is 4. The standard InChI is InChI=1S/2C17H24N4O2S2/c2*1-17(2,3)12-8-19-13(23-12)10-24-14-9-20-16(25-14)21-15(22)11-4-6-18-7-5-11/h2*8-9,11,18H,4-7,10H2,1-3H3,(H,20,21,22). The Morgan fingerprint density at radius 3 is 1.40 bits per heavy atom. The minimum atomic E-state index is -0.0352. The van der Waals surface area contributed by atoms with Gasteiger partial charge in [0.05, 0.1) is 44.7 Å². The predicted molar refractivity (Wildman–Crippen MR) is 202 cm³/mol. The van der Waals surface area contributed by atoms with Crippen molar-refractivity contribution in [1.29, 1.82) is 0 Å². The number of thiazole rings is 2. The van der Waals surface area contributed by atoms with Gasteiger partial charge in [0, 0.05) is 22.7 Å². The van der Waals surface area contributed by atoms with Crippen molar-refractivity contribution in [1.82, 2.24) is 30.6 Å². The average Bonchev–Trinajstić information content (AvgIpc) is 3.91. The first-order valence-corrected chi connectivity index (χ1v) is 20.5. The fourth-order valence-electron chi connectivity index (χ4n) is 5.06. The minimum Gasteiger partial charge on any atom is -0.444 e. The molecule has 50 heavy (non-hydrogen) atoms. The second-order valence-corrected chi connectivity index (χ2v) is 18.9. The lowest BCUT2D eigenvalue weighted by molar-refractivity contribution is -0.121. The van der Waals surface area contributed by atoms with Gasteiger partial charge >= 0.3 is 0 Å². The maximum Gasteiger partial charge on any atom is 0.229 e. The van der Waals surface area contributed by atoms with Crippen LogP contribution in [0.3, 0.4) is 0 Å². The van der Waals surface area contributed by atoms with E-state index in [9.17, 15) is 9.59 Å². The molecule has 2 amide bonds. The van der Waals surface area contributed by atoms with Gasteiger partial charge < -0.3 is 30.1 Å². The molecule has 6 rings (SSSR count). The Hall–Kier alpha value is -2.76. The summed E-state index contributed by atoms with van der Waals surface area (Å²) in [6.45, 7) is 16.2. The number of aromatic nitrogens is 4. The molecule has 0 radical (unpaired) electrons. The molecule has 0 aromatic carbocycles. The summed E-state index contributed by atoms with van der Waals surface area (Å²) in [5.41, 5.74) is -0.0704. The van der Waals surface area contributed by atoms with E-state index < -0.39 is 0 Å². The van der Waals surface area contributed by atoms with Crippen LogP contribution in [0.1, 0.15) is 90.5 Å². The summed E-state index contributed by atoms with van der Waals surface area (Å²) in [4.78, 5) is 41.8. The van der Waals surface area contributed by atoms with Crippen molar-refractivity contribution in [3.8, 4) is 0 Å². The van der Waals surface area contributed by atoms with E-state index in [0.717, 1.165) is 71.8 Å². The number of amides is 2. The second-order valence-electron chi connectivity index (χ2n) is 14.3. The van der Waals surface area contributed by atoms with Gasteiger partial charge in [0.15, 0.2) is 10.3 Å². The molecule has 0 spiro atoms. The zero-order chi connectivity index (χ0) is 35.7. The zero-order valence-electron chi connectivity index (χ0n) is 29.6. The van der Waals surface area contributed by atoms with Crippen LogP contribution < -0.4 is 21.3 Å². The smallest absolute Gasteiger partial charge is 0.229 e. The monoisotopic (exact) mass is 760 g/mol. The van der Waals surface area contributed by atoms with Crippen LogP contribution in [0.4, 0.5) is 10.3 Å². The molecule has 6 heterocycles. The molecule has 12 nitrogen and oxygen atoms in total. The molecule has 4 aromatic rings. The first kappa shape index (κ1) is 38.5. The molecule has 4 aromatic heterocycles. The van der Waals surface area contributed by atoms with Crippen LogP contribution in [0.15, 0.2) is 42.0 Å². The topological polar surface area (TPSA) is 160 Å². The lowest BCUT2D eigenvalue weighted by Crippen LogP contribution is -2.34. The van der Waals surface area contributed by atoms with Gasteiger partial charge in [0.1, 0.15) is 11.5 Å². The molecule has 2 aliphatic heterocycles. The summed E-state index contributed by atoms with van der Waals surface area (Å²) in [5, 5.41) is 13.7. The van der Waals surface area contributed by atoms with Crippen molar-refractivity contribution in [3.63, 3.8) is 0 Å². The first-order chi connectivity index (χ1) is 23.8. The van der Waals surface area contributed by atoms with Gasteiger partial charge in [-0.1, -0.05) is 64.2 Å². The molecule has 0 atom stereocenters. The van der Waals surface area contributed by atoms with Crippen LogP contribution in [0.2, 0.25) is 0 Å². The highest BCUT2D eigenvalue weighted by Gasteiger charge is 2.24. The maximum atomic E-state index is 12.2. The average molecular weight is 761 g/mol. The third-order valence-corrected chi connectivity index (χ3v) is 12.3. The van der Waals surface area contributed by atoms with Gasteiger partial charge in [0.2, 0.25) is 23.6 Å². The Morgan fingerprint density at radius 2 is 1.06 bits per heavy atom. The minimum absolute atomic E-state index is 0.0352. The van der Waals surface area contributed by atoms with E-state index in [1.54, 1.807) is 48.3 Å². The van der Waals surface area contributed by atoms with Crippen molar-refractivity contribution >= 4 is 68.3 Å². The number of anilines is 2. The third kappa shape index (κ3) is 11.6. The summed E-state index contributed by atoms with van der Waals surface area (Å²) < 4.78 is 13.7. The molecule has 2 fully saturated rings. The van der Waals surface area contributed by atoms with Crippen LogP contribution in [-0.4, -0.2) is 57.9 Å². The van der Waals surface area contributed by atoms with Crippen molar-refractivity contribution in [2.75, 3.05) is 36.8 Å². The highest BCUT2D eigenvalue weighted by atomic mass is 32.2. The molecule has 0 saturated carbocycles. The Balaban J connectivity index is 0.000000194. The largest absolute Gasteiger partial charge is 0.444 e. The summed E-state index contributed by atoms with van der Waals surface area (Å²) >= 11 is 6.22. The van der Waals surface area contributed by atoms with Crippen molar-refractivity contribution < 1.29 is 18.4 Å². The van der Waals surface area contributed by atoms with E-state index in [1.807, 2.05) is 0 Å². The quantitative estimate of drug-likeness (QED) is 0.120. The molecule has 4 N–H and O–H groups in total. The molecular formula is C34H48N8O4S4. The Kier molecular flexibility index (Phi) is 13.6. The van der Waals surface area contributed by atoms with Crippen LogP contribution in [0.5, 0.6) is 0 Å². The van der Waals surface area contributed by atoms with Crippen LogP contribution in [0.25, 0.3) is 0 Å². The van der Waals surface area contributed by atoms with Crippen molar-refractivity contribution in [2.45, 2.75) is 98.0 Å². The van der Waals surface area contributed by atoms with E-state index in [4.69, 9.17) is 8.83 Å². The third-order valence-electron chi connectivity index (χ3n) is 8.11. The molecule has 0 unspecified atom stereocenters. The number of carbonyl (C=O) groups is 2.